The molecule has 0 bridgehead atoms. The Bertz CT molecular complexity index is 475. The second kappa shape index (κ2) is 8.96. The van der Waals surface area contributed by atoms with Crippen molar-refractivity contribution < 1.29 is 9.90 Å². The van der Waals surface area contributed by atoms with E-state index in [1.54, 1.807) is 6.20 Å². The number of β-amino-alcohol motifs (C(OH)–C–C–N with tert-alkyl or cyclic N) is 1. The fraction of sp³-hybridized carbons (Fsp3) is 0.647. The van der Waals surface area contributed by atoms with Crippen molar-refractivity contribution in [1.82, 2.24) is 14.8 Å². The number of primary amides is 1. The quantitative estimate of drug-likeness (QED) is 0.727. The molecular weight excluding hydrogens is 292 g/mol. The highest BCUT2D eigenvalue weighted by atomic mass is 16.3. The standard InChI is InChI=1S/C17H28N4O2/c1-2-15(17(18)23)10-16(22)13-21-8-6-20(7-9-21)12-14-4-3-5-19-11-14/h3-5,11,15-16,22H,2,6-10,12-13H2,1H3,(H2,18,23). The molecule has 0 radical (unpaired) electrons. The van der Waals surface area contributed by atoms with E-state index in [4.69, 9.17) is 5.73 Å². The van der Waals surface area contributed by atoms with Crippen LogP contribution in [0.5, 0.6) is 0 Å². The average Bonchev–Trinajstić information content (AvgIpc) is 2.55. The maximum Gasteiger partial charge on any atom is 0.220 e. The zero-order valence-electron chi connectivity index (χ0n) is 13.9. The number of carbonyl (C=O) groups is 1. The van der Waals surface area contributed by atoms with Crippen LogP contribution >= 0.6 is 0 Å². The molecule has 6 nitrogen and oxygen atoms in total. The van der Waals surface area contributed by atoms with Crippen LogP contribution in [0, 0.1) is 5.92 Å². The van der Waals surface area contributed by atoms with Crippen LogP contribution in [0.3, 0.4) is 0 Å². The summed E-state index contributed by atoms with van der Waals surface area (Å²) < 4.78 is 0. The first-order chi connectivity index (χ1) is 11.1. The third kappa shape index (κ3) is 5.89. The smallest absolute Gasteiger partial charge is 0.220 e. The Balaban J connectivity index is 1.71. The van der Waals surface area contributed by atoms with E-state index in [-0.39, 0.29) is 11.8 Å². The second-order valence-corrected chi connectivity index (χ2v) is 6.34. The lowest BCUT2D eigenvalue weighted by molar-refractivity contribution is -0.123. The van der Waals surface area contributed by atoms with Crippen molar-refractivity contribution in [3.05, 3.63) is 30.1 Å². The Labute approximate surface area is 138 Å². The predicted octanol–water partition coefficient (Wildman–Crippen LogP) is 0.462. The largest absolute Gasteiger partial charge is 0.392 e. The van der Waals surface area contributed by atoms with Gasteiger partial charge in [-0.05, 0) is 24.5 Å². The van der Waals surface area contributed by atoms with E-state index in [1.807, 2.05) is 19.2 Å². The minimum atomic E-state index is -0.489. The summed E-state index contributed by atoms with van der Waals surface area (Å²) in [4.78, 5) is 20.1. The van der Waals surface area contributed by atoms with Crippen LogP contribution in [0.1, 0.15) is 25.3 Å². The number of piperazine rings is 1. The Hall–Kier alpha value is -1.50. The number of nitrogens with zero attached hydrogens (tertiary/aromatic N) is 3. The summed E-state index contributed by atoms with van der Waals surface area (Å²) in [6.45, 7) is 7.30. The SMILES string of the molecule is CCC(CC(O)CN1CCN(Cc2cccnc2)CC1)C(N)=O. The van der Waals surface area contributed by atoms with Crippen molar-refractivity contribution in [2.75, 3.05) is 32.7 Å². The van der Waals surface area contributed by atoms with Crippen molar-refractivity contribution in [3.8, 4) is 0 Å². The molecule has 0 saturated carbocycles. The van der Waals surface area contributed by atoms with Crippen molar-refractivity contribution >= 4 is 5.91 Å². The third-order valence-electron chi connectivity index (χ3n) is 4.51. The van der Waals surface area contributed by atoms with Gasteiger partial charge in [-0.25, -0.2) is 0 Å². The molecule has 2 atom stereocenters. The predicted molar refractivity (Wildman–Crippen MR) is 89.6 cm³/mol. The van der Waals surface area contributed by atoms with E-state index < -0.39 is 6.10 Å². The number of pyridine rings is 1. The fourth-order valence-corrected chi connectivity index (χ4v) is 3.06. The second-order valence-electron chi connectivity index (χ2n) is 6.34. The average molecular weight is 320 g/mol. The molecule has 1 aromatic heterocycles. The molecule has 23 heavy (non-hydrogen) atoms. The molecule has 2 rings (SSSR count). The van der Waals surface area contributed by atoms with Gasteiger partial charge in [-0.15, -0.1) is 0 Å². The molecule has 1 amide bonds. The van der Waals surface area contributed by atoms with Gasteiger partial charge >= 0.3 is 0 Å². The van der Waals surface area contributed by atoms with Gasteiger partial charge in [-0.2, -0.15) is 0 Å². The van der Waals surface area contributed by atoms with E-state index in [0.29, 0.717) is 19.4 Å². The zero-order valence-corrected chi connectivity index (χ0v) is 13.9. The number of carbonyl (C=O) groups excluding carboxylic acids is 1. The highest BCUT2D eigenvalue weighted by Crippen LogP contribution is 2.13. The molecule has 0 aromatic carbocycles. The number of aromatic nitrogens is 1. The molecular formula is C17H28N4O2. The lowest BCUT2D eigenvalue weighted by Crippen LogP contribution is -2.48. The molecule has 1 aliphatic heterocycles. The van der Waals surface area contributed by atoms with Gasteiger partial charge in [-0.1, -0.05) is 13.0 Å². The van der Waals surface area contributed by atoms with E-state index >= 15 is 0 Å². The zero-order chi connectivity index (χ0) is 16.7. The number of aliphatic hydroxyl groups is 1. The van der Waals surface area contributed by atoms with Gasteiger partial charge in [0.1, 0.15) is 0 Å². The number of aliphatic hydroxyl groups excluding tert-OH is 1. The van der Waals surface area contributed by atoms with E-state index in [0.717, 1.165) is 32.7 Å². The minimum absolute atomic E-state index is 0.225. The highest BCUT2D eigenvalue weighted by molar-refractivity contribution is 5.76. The monoisotopic (exact) mass is 320 g/mol. The number of hydrogen-bond acceptors (Lipinski definition) is 5. The molecule has 0 aliphatic carbocycles. The molecule has 3 N–H and O–H groups in total. The fourth-order valence-electron chi connectivity index (χ4n) is 3.06. The third-order valence-corrected chi connectivity index (χ3v) is 4.51. The number of amides is 1. The Morgan fingerprint density at radius 3 is 2.61 bits per heavy atom. The van der Waals surface area contributed by atoms with Gasteiger partial charge in [0.15, 0.2) is 0 Å². The van der Waals surface area contributed by atoms with Crippen LogP contribution in [-0.2, 0) is 11.3 Å². The van der Waals surface area contributed by atoms with Crippen LogP contribution in [0.4, 0.5) is 0 Å². The molecule has 1 aromatic rings. The Morgan fingerprint density at radius 1 is 1.35 bits per heavy atom. The normalized spacial score (nSPS) is 19.4. The molecule has 1 saturated heterocycles. The van der Waals surface area contributed by atoms with Crippen molar-refractivity contribution in [1.29, 1.82) is 0 Å². The van der Waals surface area contributed by atoms with Gasteiger partial charge < -0.3 is 10.8 Å². The lowest BCUT2D eigenvalue weighted by Gasteiger charge is -2.35. The van der Waals surface area contributed by atoms with Crippen molar-refractivity contribution in [2.45, 2.75) is 32.4 Å². The van der Waals surface area contributed by atoms with Crippen molar-refractivity contribution in [3.63, 3.8) is 0 Å². The van der Waals surface area contributed by atoms with E-state index in [1.165, 1.54) is 5.56 Å². The maximum atomic E-state index is 11.3. The van der Waals surface area contributed by atoms with E-state index in [2.05, 4.69) is 20.9 Å². The number of nitrogens with two attached hydrogens (primary N) is 1. The van der Waals surface area contributed by atoms with Crippen LogP contribution in [0.25, 0.3) is 0 Å². The topological polar surface area (TPSA) is 82.7 Å². The summed E-state index contributed by atoms with van der Waals surface area (Å²) >= 11 is 0. The summed E-state index contributed by atoms with van der Waals surface area (Å²) in [6.07, 6.45) is 4.36. The molecule has 128 valence electrons. The van der Waals surface area contributed by atoms with Crippen LogP contribution in [-0.4, -0.2) is 64.6 Å². The van der Waals surface area contributed by atoms with Crippen LogP contribution < -0.4 is 5.73 Å². The van der Waals surface area contributed by atoms with Crippen LogP contribution in [0.15, 0.2) is 24.5 Å². The minimum Gasteiger partial charge on any atom is -0.392 e. The van der Waals surface area contributed by atoms with Gasteiger partial charge in [0.05, 0.1) is 6.10 Å². The number of rotatable bonds is 8. The van der Waals surface area contributed by atoms with Gasteiger partial charge in [-0.3, -0.25) is 19.6 Å². The molecule has 0 spiro atoms. The summed E-state index contributed by atoms with van der Waals surface area (Å²) in [5, 5.41) is 10.2. The molecule has 2 heterocycles. The Morgan fingerprint density at radius 2 is 2.04 bits per heavy atom. The molecule has 1 aliphatic rings. The van der Waals surface area contributed by atoms with Crippen LogP contribution in [0.2, 0.25) is 0 Å². The summed E-state index contributed by atoms with van der Waals surface area (Å²) in [6, 6.07) is 4.06. The molecule has 6 heteroatoms. The number of hydrogen-bond donors (Lipinski definition) is 2. The first-order valence-electron chi connectivity index (χ1n) is 8.39. The van der Waals surface area contributed by atoms with Gasteiger partial charge in [0.2, 0.25) is 5.91 Å². The van der Waals surface area contributed by atoms with Crippen molar-refractivity contribution in [2.24, 2.45) is 11.7 Å². The van der Waals surface area contributed by atoms with Gasteiger partial charge in [0, 0.05) is 57.6 Å². The lowest BCUT2D eigenvalue weighted by atomic mass is 9.98. The summed E-state index contributed by atoms with van der Waals surface area (Å²) in [5.41, 5.74) is 6.57. The first-order valence-corrected chi connectivity index (χ1v) is 8.39. The summed E-state index contributed by atoms with van der Waals surface area (Å²) in [5.74, 6) is -0.537. The highest BCUT2D eigenvalue weighted by Gasteiger charge is 2.22. The first kappa shape index (κ1) is 17.8. The van der Waals surface area contributed by atoms with E-state index in [9.17, 15) is 9.90 Å². The Kier molecular flexibility index (Phi) is 6.95. The summed E-state index contributed by atoms with van der Waals surface area (Å²) in [7, 11) is 0. The van der Waals surface area contributed by atoms with Gasteiger partial charge in [0.25, 0.3) is 0 Å². The molecule has 1 fully saturated rings. The molecule has 2 unspecified atom stereocenters. The maximum absolute atomic E-state index is 11.3.